The van der Waals surface area contributed by atoms with Gasteiger partial charge in [-0.1, -0.05) is 6.07 Å². The highest BCUT2D eigenvalue weighted by molar-refractivity contribution is 7.80. The highest BCUT2D eigenvalue weighted by Gasteiger charge is 2.15. The third kappa shape index (κ3) is 4.04. The third-order valence-electron chi connectivity index (χ3n) is 2.72. The summed E-state index contributed by atoms with van der Waals surface area (Å²) in [6, 6.07) is 4.04. The van der Waals surface area contributed by atoms with E-state index in [1.54, 1.807) is 11.3 Å². The van der Waals surface area contributed by atoms with Gasteiger partial charge in [0.2, 0.25) is 0 Å². The fraction of sp³-hybridized carbons (Fsp3) is 0.500. The van der Waals surface area contributed by atoms with Gasteiger partial charge in [0, 0.05) is 18.0 Å². The molecular weight excluding hydrogens is 266 g/mol. The standard InChI is InChI=1S/C12H17N3OS2/c1-9(11-5-3-7-18-11)14-15-12(17)13-8-10-4-2-6-16-10/h3,5,7,10H,2,4,6,8H2,1H3,(H2,13,15,17). The van der Waals surface area contributed by atoms with Gasteiger partial charge in [-0.15, -0.1) is 11.3 Å². The molecule has 1 atom stereocenters. The van der Waals surface area contributed by atoms with E-state index in [2.05, 4.69) is 15.8 Å². The van der Waals surface area contributed by atoms with Crippen LogP contribution in [0.1, 0.15) is 24.6 Å². The smallest absolute Gasteiger partial charge is 0.187 e. The second-order valence-electron chi connectivity index (χ2n) is 4.13. The molecule has 0 saturated carbocycles. The number of ether oxygens (including phenoxy) is 1. The number of nitrogens with one attached hydrogen (secondary N) is 2. The Morgan fingerprint density at radius 1 is 1.67 bits per heavy atom. The van der Waals surface area contributed by atoms with E-state index in [0.29, 0.717) is 5.11 Å². The molecule has 0 aromatic carbocycles. The molecule has 1 aliphatic rings. The van der Waals surface area contributed by atoms with E-state index >= 15 is 0 Å². The van der Waals surface area contributed by atoms with E-state index in [1.165, 1.54) is 0 Å². The monoisotopic (exact) mass is 283 g/mol. The van der Waals surface area contributed by atoms with Gasteiger partial charge in [-0.3, -0.25) is 5.43 Å². The Morgan fingerprint density at radius 3 is 3.22 bits per heavy atom. The Hall–Kier alpha value is -0.980. The van der Waals surface area contributed by atoms with Crippen molar-refractivity contribution in [3.05, 3.63) is 22.4 Å². The molecule has 0 amide bonds. The third-order valence-corrected chi connectivity index (χ3v) is 3.93. The molecule has 1 aliphatic heterocycles. The van der Waals surface area contributed by atoms with Gasteiger partial charge in [-0.05, 0) is 43.4 Å². The lowest BCUT2D eigenvalue weighted by molar-refractivity contribution is 0.114. The van der Waals surface area contributed by atoms with E-state index in [4.69, 9.17) is 17.0 Å². The van der Waals surface area contributed by atoms with Gasteiger partial charge in [0.1, 0.15) is 0 Å². The average molecular weight is 283 g/mol. The summed E-state index contributed by atoms with van der Waals surface area (Å²) in [5.41, 5.74) is 3.79. The second-order valence-corrected chi connectivity index (χ2v) is 5.49. The minimum absolute atomic E-state index is 0.284. The van der Waals surface area contributed by atoms with Gasteiger partial charge >= 0.3 is 0 Å². The Balaban J connectivity index is 1.72. The summed E-state index contributed by atoms with van der Waals surface area (Å²) in [6.07, 6.45) is 2.53. The number of hydrazone groups is 1. The van der Waals surface area contributed by atoms with Crippen LogP contribution in [0.3, 0.4) is 0 Å². The average Bonchev–Trinajstić information content (AvgIpc) is 3.05. The van der Waals surface area contributed by atoms with Crippen molar-refractivity contribution in [1.82, 2.24) is 10.7 Å². The zero-order valence-electron chi connectivity index (χ0n) is 10.3. The number of thiocarbonyl (C=S) groups is 1. The van der Waals surface area contributed by atoms with Crippen molar-refractivity contribution in [2.24, 2.45) is 5.10 Å². The van der Waals surface area contributed by atoms with E-state index in [9.17, 15) is 0 Å². The van der Waals surface area contributed by atoms with Crippen LogP contribution in [0.2, 0.25) is 0 Å². The van der Waals surface area contributed by atoms with Crippen LogP contribution in [0.5, 0.6) is 0 Å². The first-order chi connectivity index (χ1) is 8.75. The number of hydrogen-bond donors (Lipinski definition) is 2. The van der Waals surface area contributed by atoms with Crippen LogP contribution in [0.25, 0.3) is 0 Å². The Morgan fingerprint density at radius 2 is 2.56 bits per heavy atom. The summed E-state index contributed by atoms with van der Waals surface area (Å²) < 4.78 is 5.50. The summed E-state index contributed by atoms with van der Waals surface area (Å²) in [6.45, 7) is 3.57. The molecule has 1 fully saturated rings. The lowest BCUT2D eigenvalue weighted by atomic mass is 10.2. The van der Waals surface area contributed by atoms with Crippen molar-refractivity contribution in [1.29, 1.82) is 0 Å². The van der Waals surface area contributed by atoms with Gasteiger partial charge in [-0.2, -0.15) is 5.10 Å². The zero-order valence-corrected chi connectivity index (χ0v) is 11.9. The molecule has 0 spiro atoms. The highest BCUT2D eigenvalue weighted by Crippen LogP contribution is 2.10. The molecule has 2 rings (SSSR count). The Kier molecular flexibility index (Phi) is 5.10. The van der Waals surface area contributed by atoms with Crippen LogP contribution in [-0.2, 0) is 4.74 Å². The molecule has 1 aromatic heterocycles. The molecule has 1 unspecified atom stereocenters. The lowest BCUT2D eigenvalue weighted by Gasteiger charge is -2.12. The molecule has 4 nitrogen and oxygen atoms in total. The number of rotatable bonds is 4. The quantitative estimate of drug-likeness (QED) is 0.505. The van der Waals surface area contributed by atoms with Crippen molar-refractivity contribution < 1.29 is 4.74 Å². The van der Waals surface area contributed by atoms with Gasteiger partial charge in [0.15, 0.2) is 5.11 Å². The van der Waals surface area contributed by atoms with Gasteiger partial charge in [0.05, 0.1) is 11.8 Å². The van der Waals surface area contributed by atoms with Gasteiger partial charge in [-0.25, -0.2) is 0 Å². The van der Waals surface area contributed by atoms with Crippen molar-refractivity contribution in [3.8, 4) is 0 Å². The normalized spacial score (nSPS) is 19.8. The Labute approximate surface area is 116 Å². The summed E-state index contributed by atoms with van der Waals surface area (Å²) in [4.78, 5) is 1.14. The molecule has 2 N–H and O–H groups in total. The van der Waals surface area contributed by atoms with E-state index in [1.807, 2.05) is 24.4 Å². The zero-order chi connectivity index (χ0) is 12.8. The highest BCUT2D eigenvalue weighted by atomic mass is 32.1. The topological polar surface area (TPSA) is 45.7 Å². The SMILES string of the molecule is CC(=NNC(=S)NCC1CCCO1)c1cccs1. The number of hydrogen-bond acceptors (Lipinski definition) is 4. The minimum atomic E-state index is 0.284. The number of thiophene rings is 1. The molecule has 1 saturated heterocycles. The van der Waals surface area contributed by atoms with Crippen molar-refractivity contribution in [2.45, 2.75) is 25.9 Å². The van der Waals surface area contributed by atoms with Crippen LogP contribution >= 0.6 is 23.6 Å². The number of nitrogens with zero attached hydrogens (tertiary/aromatic N) is 1. The maximum atomic E-state index is 5.50. The summed E-state index contributed by atoms with van der Waals surface area (Å²) in [5, 5.41) is 9.93. The molecule has 0 radical (unpaired) electrons. The van der Waals surface area contributed by atoms with Crippen molar-refractivity contribution in [3.63, 3.8) is 0 Å². The molecule has 18 heavy (non-hydrogen) atoms. The molecule has 0 aliphatic carbocycles. The predicted octanol–water partition coefficient (Wildman–Crippen LogP) is 2.12. The van der Waals surface area contributed by atoms with Crippen molar-refractivity contribution in [2.75, 3.05) is 13.2 Å². The fourth-order valence-electron chi connectivity index (χ4n) is 1.73. The van der Waals surface area contributed by atoms with Crippen LogP contribution in [0.4, 0.5) is 0 Å². The molecule has 1 aromatic rings. The summed E-state index contributed by atoms with van der Waals surface area (Å²) in [5.74, 6) is 0. The summed E-state index contributed by atoms with van der Waals surface area (Å²) in [7, 11) is 0. The van der Waals surface area contributed by atoms with Crippen LogP contribution in [-0.4, -0.2) is 30.1 Å². The van der Waals surface area contributed by atoms with Crippen LogP contribution in [0, 0.1) is 0 Å². The molecule has 98 valence electrons. The molecular formula is C12H17N3OS2. The summed E-state index contributed by atoms with van der Waals surface area (Å²) >= 11 is 6.82. The predicted molar refractivity (Wildman–Crippen MR) is 79.2 cm³/mol. The first-order valence-corrected chi connectivity index (χ1v) is 7.28. The molecule has 0 bridgehead atoms. The van der Waals surface area contributed by atoms with Crippen LogP contribution < -0.4 is 10.7 Å². The lowest BCUT2D eigenvalue weighted by Crippen LogP contribution is -2.37. The first kappa shape index (κ1) is 13.5. The molecule has 6 heteroatoms. The van der Waals surface area contributed by atoms with E-state index < -0.39 is 0 Å². The van der Waals surface area contributed by atoms with Crippen molar-refractivity contribution >= 4 is 34.4 Å². The van der Waals surface area contributed by atoms with E-state index in [0.717, 1.165) is 36.6 Å². The van der Waals surface area contributed by atoms with E-state index in [-0.39, 0.29) is 6.10 Å². The van der Waals surface area contributed by atoms with Gasteiger partial charge < -0.3 is 10.1 Å². The second kappa shape index (κ2) is 6.82. The molecule has 2 heterocycles. The first-order valence-electron chi connectivity index (χ1n) is 5.99. The minimum Gasteiger partial charge on any atom is -0.376 e. The fourth-order valence-corrected chi connectivity index (χ4v) is 2.53. The maximum absolute atomic E-state index is 5.50. The largest absolute Gasteiger partial charge is 0.376 e. The van der Waals surface area contributed by atoms with Crippen LogP contribution in [0.15, 0.2) is 22.6 Å². The maximum Gasteiger partial charge on any atom is 0.187 e. The van der Waals surface area contributed by atoms with Gasteiger partial charge in [0.25, 0.3) is 0 Å². The Bertz CT molecular complexity index is 411.